The topological polar surface area (TPSA) is 56.3 Å². The molecular formula is C11H11NO3. The summed E-state index contributed by atoms with van der Waals surface area (Å²) in [5.74, 6) is -0.411. The summed E-state index contributed by atoms with van der Waals surface area (Å²) in [7, 11) is 0. The fraction of sp³-hybridized carbons (Fsp3) is 0.182. The van der Waals surface area contributed by atoms with Crippen LogP contribution < -0.4 is 0 Å². The van der Waals surface area contributed by atoms with Crippen molar-refractivity contribution in [3.8, 4) is 0 Å². The minimum Gasteiger partial charge on any atom is -0.462 e. The van der Waals surface area contributed by atoms with Crippen LogP contribution in [0.25, 0.3) is 6.08 Å². The molecule has 0 aliphatic carbocycles. The summed E-state index contributed by atoms with van der Waals surface area (Å²) in [6.45, 7) is 2.06. The molecule has 0 atom stereocenters. The summed E-state index contributed by atoms with van der Waals surface area (Å²) < 4.78 is 4.81. The molecule has 0 unspecified atom stereocenters. The van der Waals surface area contributed by atoms with Gasteiger partial charge in [-0.25, -0.2) is 4.79 Å². The van der Waals surface area contributed by atoms with Crippen LogP contribution in [-0.2, 0) is 9.53 Å². The lowest BCUT2D eigenvalue weighted by molar-refractivity contribution is -0.104. The molecule has 1 heterocycles. The average molecular weight is 205 g/mol. The molecule has 1 aromatic rings. The first-order valence-electron chi connectivity index (χ1n) is 4.52. The Bertz CT molecular complexity index is 385. The molecule has 0 aromatic carbocycles. The molecule has 0 N–H and O–H groups in total. The lowest BCUT2D eigenvalue weighted by Gasteiger charge is -2.01. The van der Waals surface area contributed by atoms with Crippen LogP contribution in [0.1, 0.15) is 22.8 Å². The van der Waals surface area contributed by atoms with Crippen LogP contribution in [0.3, 0.4) is 0 Å². The van der Waals surface area contributed by atoms with E-state index in [-0.39, 0.29) is 0 Å². The third kappa shape index (κ3) is 3.34. The van der Waals surface area contributed by atoms with Gasteiger partial charge >= 0.3 is 5.97 Å². The lowest BCUT2D eigenvalue weighted by Crippen LogP contribution is -2.05. The zero-order valence-corrected chi connectivity index (χ0v) is 8.34. The molecule has 0 saturated carbocycles. The number of aromatic nitrogens is 1. The van der Waals surface area contributed by atoms with Crippen molar-refractivity contribution in [3.05, 3.63) is 35.7 Å². The van der Waals surface area contributed by atoms with E-state index in [9.17, 15) is 9.59 Å². The van der Waals surface area contributed by atoms with Crippen molar-refractivity contribution >= 4 is 18.3 Å². The van der Waals surface area contributed by atoms with E-state index in [0.29, 0.717) is 24.0 Å². The van der Waals surface area contributed by atoms with Gasteiger partial charge < -0.3 is 4.74 Å². The molecule has 4 nitrogen and oxygen atoms in total. The fourth-order valence-corrected chi connectivity index (χ4v) is 1.03. The Kier molecular flexibility index (Phi) is 4.22. The van der Waals surface area contributed by atoms with Crippen molar-refractivity contribution in [2.45, 2.75) is 6.92 Å². The van der Waals surface area contributed by atoms with Gasteiger partial charge in [0.1, 0.15) is 6.29 Å². The van der Waals surface area contributed by atoms with Crippen LogP contribution in [0.2, 0.25) is 0 Å². The highest BCUT2D eigenvalue weighted by molar-refractivity contribution is 5.89. The molecule has 0 fully saturated rings. The van der Waals surface area contributed by atoms with E-state index in [0.717, 1.165) is 0 Å². The van der Waals surface area contributed by atoms with E-state index in [1.54, 1.807) is 25.3 Å². The van der Waals surface area contributed by atoms with E-state index in [4.69, 9.17) is 4.74 Å². The van der Waals surface area contributed by atoms with Crippen molar-refractivity contribution in [3.63, 3.8) is 0 Å². The van der Waals surface area contributed by atoms with Gasteiger partial charge in [-0.3, -0.25) is 9.78 Å². The van der Waals surface area contributed by atoms with Gasteiger partial charge in [-0.2, -0.15) is 0 Å². The third-order valence-electron chi connectivity index (χ3n) is 1.64. The minimum atomic E-state index is -0.411. The normalized spacial score (nSPS) is 10.2. The second-order valence-corrected chi connectivity index (χ2v) is 2.72. The maximum atomic E-state index is 11.3. The van der Waals surface area contributed by atoms with Crippen LogP contribution in [-0.4, -0.2) is 23.8 Å². The van der Waals surface area contributed by atoms with Crippen LogP contribution in [0.4, 0.5) is 0 Å². The molecule has 0 radical (unpaired) electrons. The first-order valence-corrected chi connectivity index (χ1v) is 4.52. The predicted octanol–water partition coefficient (Wildman–Crippen LogP) is 1.47. The minimum absolute atomic E-state index is 0.327. The molecular weight excluding hydrogens is 194 g/mol. The van der Waals surface area contributed by atoms with E-state index in [2.05, 4.69) is 4.98 Å². The zero-order chi connectivity index (χ0) is 11.1. The number of rotatable bonds is 4. The van der Waals surface area contributed by atoms with E-state index in [1.165, 1.54) is 12.3 Å². The number of hydrogen-bond donors (Lipinski definition) is 0. The van der Waals surface area contributed by atoms with Gasteiger partial charge in [0.05, 0.1) is 12.2 Å². The van der Waals surface area contributed by atoms with Gasteiger partial charge in [0, 0.05) is 12.4 Å². The number of pyridine rings is 1. The molecule has 0 aliphatic heterocycles. The molecule has 1 rings (SSSR count). The Morgan fingerprint density at radius 1 is 1.53 bits per heavy atom. The average Bonchev–Trinajstić information content (AvgIpc) is 2.27. The van der Waals surface area contributed by atoms with Crippen LogP contribution in [0, 0.1) is 0 Å². The number of allylic oxidation sites excluding steroid dienone is 1. The number of hydrogen-bond acceptors (Lipinski definition) is 4. The Morgan fingerprint density at radius 3 is 3.00 bits per heavy atom. The predicted molar refractivity (Wildman–Crippen MR) is 55.3 cm³/mol. The third-order valence-corrected chi connectivity index (χ3v) is 1.64. The van der Waals surface area contributed by atoms with Gasteiger partial charge in [-0.15, -0.1) is 0 Å². The SMILES string of the molecule is CCOC(=O)c1cncc(C=CC=O)c1. The highest BCUT2D eigenvalue weighted by Gasteiger charge is 2.06. The summed E-state index contributed by atoms with van der Waals surface area (Å²) in [5.41, 5.74) is 1.07. The molecule has 0 bridgehead atoms. The van der Waals surface area contributed by atoms with E-state index in [1.807, 2.05) is 0 Å². The molecule has 78 valence electrons. The highest BCUT2D eigenvalue weighted by atomic mass is 16.5. The summed E-state index contributed by atoms with van der Waals surface area (Å²) in [4.78, 5) is 25.3. The number of aldehydes is 1. The molecule has 0 saturated heterocycles. The van der Waals surface area contributed by atoms with Gasteiger partial charge in [0.2, 0.25) is 0 Å². The van der Waals surface area contributed by atoms with Crippen LogP contribution >= 0.6 is 0 Å². The first kappa shape index (κ1) is 11.1. The summed E-state index contributed by atoms with van der Waals surface area (Å²) >= 11 is 0. The molecule has 1 aromatic heterocycles. The van der Waals surface area contributed by atoms with E-state index < -0.39 is 5.97 Å². The van der Waals surface area contributed by atoms with Crippen LogP contribution in [0.5, 0.6) is 0 Å². The van der Waals surface area contributed by atoms with Crippen molar-refractivity contribution in [1.82, 2.24) is 4.98 Å². The number of ether oxygens (including phenoxy) is 1. The number of esters is 1. The van der Waals surface area contributed by atoms with Gasteiger partial charge in [0.15, 0.2) is 0 Å². The first-order chi connectivity index (χ1) is 7.27. The molecule has 4 heteroatoms. The van der Waals surface area contributed by atoms with Crippen molar-refractivity contribution < 1.29 is 14.3 Å². The second-order valence-electron chi connectivity index (χ2n) is 2.72. The Morgan fingerprint density at radius 2 is 2.33 bits per heavy atom. The quantitative estimate of drug-likeness (QED) is 0.424. The number of nitrogens with zero attached hydrogens (tertiary/aromatic N) is 1. The van der Waals surface area contributed by atoms with Gasteiger partial charge in [-0.05, 0) is 24.6 Å². The largest absolute Gasteiger partial charge is 0.462 e. The zero-order valence-electron chi connectivity index (χ0n) is 8.34. The summed E-state index contributed by atoms with van der Waals surface area (Å²) in [6.07, 6.45) is 6.56. The Balaban J connectivity index is 2.86. The maximum absolute atomic E-state index is 11.3. The number of carbonyl (C=O) groups is 2. The Labute approximate surface area is 87.6 Å². The van der Waals surface area contributed by atoms with Gasteiger partial charge in [-0.1, -0.05) is 6.08 Å². The molecule has 0 aliphatic rings. The maximum Gasteiger partial charge on any atom is 0.339 e. The standard InChI is InChI=1S/C11H11NO3/c1-2-15-11(14)10-6-9(4-3-5-13)7-12-8-10/h3-8H,2H2,1H3. The molecule has 0 spiro atoms. The van der Waals surface area contributed by atoms with Crippen LogP contribution in [0.15, 0.2) is 24.5 Å². The van der Waals surface area contributed by atoms with Crippen molar-refractivity contribution in [1.29, 1.82) is 0 Å². The molecule has 15 heavy (non-hydrogen) atoms. The fourth-order valence-electron chi connectivity index (χ4n) is 1.03. The molecule has 0 amide bonds. The van der Waals surface area contributed by atoms with Crippen molar-refractivity contribution in [2.24, 2.45) is 0 Å². The second kappa shape index (κ2) is 5.70. The summed E-state index contributed by atoms with van der Waals surface area (Å²) in [6, 6.07) is 1.62. The lowest BCUT2D eigenvalue weighted by atomic mass is 10.2. The highest BCUT2D eigenvalue weighted by Crippen LogP contribution is 2.06. The monoisotopic (exact) mass is 205 g/mol. The van der Waals surface area contributed by atoms with Crippen molar-refractivity contribution in [2.75, 3.05) is 6.61 Å². The summed E-state index contributed by atoms with van der Waals surface area (Å²) in [5, 5.41) is 0. The van der Waals surface area contributed by atoms with Gasteiger partial charge in [0.25, 0.3) is 0 Å². The number of carbonyl (C=O) groups excluding carboxylic acids is 2. The smallest absolute Gasteiger partial charge is 0.339 e. The van der Waals surface area contributed by atoms with E-state index >= 15 is 0 Å². The Hall–Kier alpha value is -1.97.